The summed E-state index contributed by atoms with van der Waals surface area (Å²) in [6, 6.07) is 13.9. The number of carbonyl (C=O) groups is 2. The van der Waals surface area contributed by atoms with E-state index in [0.29, 0.717) is 5.71 Å². The molecular weight excluding hydrogens is 306 g/mol. The van der Waals surface area contributed by atoms with E-state index in [-0.39, 0.29) is 17.9 Å². The zero-order valence-electron chi connectivity index (χ0n) is 13.5. The van der Waals surface area contributed by atoms with Crippen molar-refractivity contribution in [1.82, 2.24) is 10.7 Å². The number of nitrogens with one attached hydrogen (secondary N) is 2. The van der Waals surface area contributed by atoms with Gasteiger partial charge in [0.15, 0.2) is 0 Å². The van der Waals surface area contributed by atoms with Crippen LogP contribution in [0.2, 0.25) is 0 Å². The molecular formula is C18H19N3O3. The second kappa shape index (κ2) is 7.92. The molecule has 6 nitrogen and oxygen atoms in total. The summed E-state index contributed by atoms with van der Waals surface area (Å²) in [4.78, 5) is 23.6. The molecule has 0 heterocycles. The number of benzene rings is 2. The van der Waals surface area contributed by atoms with E-state index in [1.165, 1.54) is 12.1 Å². The third-order valence-electron chi connectivity index (χ3n) is 3.38. The molecule has 0 aliphatic heterocycles. The topological polar surface area (TPSA) is 90.8 Å². The Bertz CT molecular complexity index is 767. The van der Waals surface area contributed by atoms with Crippen LogP contribution in [-0.4, -0.2) is 29.2 Å². The van der Waals surface area contributed by atoms with Crippen LogP contribution in [0.15, 0.2) is 53.6 Å². The number of amides is 2. The predicted molar refractivity (Wildman–Crippen MR) is 92.0 cm³/mol. The summed E-state index contributed by atoms with van der Waals surface area (Å²) < 4.78 is 0. The molecule has 0 atom stereocenters. The summed E-state index contributed by atoms with van der Waals surface area (Å²) in [5, 5.41) is 16.0. The lowest BCUT2D eigenvalue weighted by molar-refractivity contribution is -0.120. The SMILES string of the molecule is C/C(=N/NC(=O)CNC(=O)c1ccccc1O)c1ccc(C)cc1. The Morgan fingerprint density at radius 2 is 1.75 bits per heavy atom. The molecule has 0 aromatic heterocycles. The number of aromatic hydroxyl groups is 1. The van der Waals surface area contributed by atoms with Gasteiger partial charge in [0, 0.05) is 0 Å². The standard InChI is InChI=1S/C18H19N3O3/c1-12-7-9-14(10-8-12)13(2)20-21-17(23)11-19-18(24)15-5-3-4-6-16(15)22/h3-10,22H,11H2,1-2H3,(H,19,24)(H,21,23)/b20-13-. The molecule has 3 N–H and O–H groups in total. The van der Waals surface area contributed by atoms with E-state index < -0.39 is 11.8 Å². The quantitative estimate of drug-likeness (QED) is 0.580. The normalized spacial score (nSPS) is 11.0. The van der Waals surface area contributed by atoms with E-state index >= 15 is 0 Å². The molecule has 2 rings (SSSR count). The van der Waals surface area contributed by atoms with Gasteiger partial charge in [0.2, 0.25) is 0 Å². The van der Waals surface area contributed by atoms with Gasteiger partial charge in [-0.15, -0.1) is 0 Å². The Morgan fingerprint density at radius 1 is 1.08 bits per heavy atom. The van der Waals surface area contributed by atoms with Crippen LogP contribution < -0.4 is 10.7 Å². The second-order valence-electron chi connectivity index (χ2n) is 5.30. The van der Waals surface area contributed by atoms with E-state index in [1.807, 2.05) is 31.2 Å². The number of hydrazone groups is 1. The van der Waals surface area contributed by atoms with Gasteiger partial charge < -0.3 is 10.4 Å². The maximum absolute atomic E-state index is 11.9. The van der Waals surface area contributed by atoms with Gasteiger partial charge in [0.05, 0.1) is 17.8 Å². The fourth-order valence-electron chi connectivity index (χ4n) is 1.97. The van der Waals surface area contributed by atoms with Crippen LogP contribution in [0.1, 0.15) is 28.4 Å². The zero-order chi connectivity index (χ0) is 17.5. The summed E-state index contributed by atoms with van der Waals surface area (Å²) in [6.07, 6.45) is 0. The van der Waals surface area contributed by atoms with Crippen molar-refractivity contribution in [1.29, 1.82) is 0 Å². The minimum Gasteiger partial charge on any atom is -0.507 e. The van der Waals surface area contributed by atoms with E-state index in [9.17, 15) is 14.7 Å². The number of carbonyl (C=O) groups excluding carboxylic acids is 2. The molecule has 0 aliphatic rings. The maximum Gasteiger partial charge on any atom is 0.259 e. The van der Waals surface area contributed by atoms with Crippen LogP contribution in [-0.2, 0) is 4.79 Å². The van der Waals surface area contributed by atoms with Gasteiger partial charge in [0.25, 0.3) is 11.8 Å². The zero-order valence-corrected chi connectivity index (χ0v) is 13.5. The lowest BCUT2D eigenvalue weighted by Gasteiger charge is -2.06. The van der Waals surface area contributed by atoms with Crippen molar-refractivity contribution in [3.05, 3.63) is 65.2 Å². The first kappa shape index (κ1) is 17.2. The third-order valence-corrected chi connectivity index (χ3v) is 3.38. The lowest BCUT2D eigenvalue weighted by atomic mass is 10.1. The Labute approximate surface area is 140 Å². The van der Waals surface area contributed by atoms with Gasteiger partial charge >= 0.3 is 0 Å². The van der Waals surface area contributed by atoms with Crippen molar-refractivity contribution in [2.24, 2.45) is 5.10 Å². The van der Waals surface area contributed by atoms with Gasteiger partial charge in [-0.1, -0.05) is 42.0 Å². The fraction of sp³-hybridized carbons (Fsp3) is 0.167. The van der Waals surface area contributed by atoms with Crippen LogP contribution in [0.5, 0.6) is 5.75 Å². The molecule has 124 valence electrons. The van der Waals surface area contributed by atoms with E-state index in [2.05, 4.69) is 15.8 Å². The number of phenolic OH excluding ortho intramolecular Hbond substituents is 1. The molecule has 0 spiro atoms. The number of rotatable bonds is 5. The van der Waals surface area contributed by atoms with Crippen LogP contribution in [0.25, 0.3) is 0 Å². The van der Waals surface area contributed by atoms with Crippen LogP contribution >= 0.6 is 0 Å². The molecule has 0 bridgehead atoms. The summed E-state index contributed by atoms with van der Waals surface area (Å²) >= 11 is 0. The van der Waals surface area contributed by atoms with Crippen LogP contribution in [0, 0.1) is 6.92 Å². The van der Waals surface area contributed by atoms with Gasteiger partial charge in [-0.3, -0.25) is 9.59 Å². The van der Waals surface area contributed by atoms with Crippen molar-refractivity contribution in [2.75, 3.05) is 6.54 Å². The highest BCUT2D eigenvalue weighted by Crippen LogP contribution is 2.14. The molecule has 2 amide bonds. The van der Waals surface area contributed by atoms with Crippen LogP contribution in [0.3, 0.4) is 0 Å². The number of aryl methyl sites for hydroxylation is 1. The molecule has 0 saturated heterocycles. The van der Waals surface area contributed by atoms with Crippen molar-refractivity contribution in [3.8, 4) is 5.75 Å². The Morgan fingerprint density at radius 3 is 2.42 bits per heavy atom. The van der Waals surface area contributed by atoms with Gasteiger partial charge in [-0.2, -0.15) is 5.10 Å². The van der Waals surface area contributed by atoms with Crippen molar-refractivity contribution >= 4 is 17.5 Å². The summed E-state index contributed by atoms with van der Waals surface area (Å²) in [6.45, 7) is 3.54. The maximum atomic E-state index is 11.9. The number of nitrogens with zero attached hydrogens (tertiary/aromatic N) is 1. The molecule has 0 aliphatic carbocycles. The molecule has 0 saturated carbocycles. The summed E-state index contributed by atoms with van der Waals surface area (Å²) in [7, 11) is 0. The van der Waals surface area contributed by atoms with Gasteiger partial charge in [-0.05, 0) is 31.5 Å². The van der Waals surface area contributed by atoms with Gasteiger partial charge in [0.1, 0.15) is 5.75 Å². The third kappa shape index (κ3) is 4.67. The highest BCUT2D eigenvalue weighted by molar-refractivity contribution is 6.00. The average molecular weight is 325 g/mol. The molecule has 2 aromatic carbocycles. The minimum atomic E-state index is -0.525. The summed E-state index contributed by atoms with van der Waals surface area (Å²) in [5.74, 6) is -1.11. The first-order valence-electron chi connectivity index (χ1n) is 7.43. The monoisotopic (exact) mass is 325 g/mol. The van der Waals surface area contributed by atoms with E-state index in [1.54, 1.807) is 19.1 Å². The predicted octanol–water partition coefficient (Wildman–Crippen LogP) is 1.97. The van der Waals surface area contributed by atoms with Crippen LogP contribution in [0.4, 0.5) is 0 Å². The molecule has 0 fully saturated rings. The lowest BCUT2D eigenvalue weighted by Crippen LogP contribution is -2.35. The Hall–Kier alpha value is -3.15. The summed E-state index contributed by atoms with van der Waals surface area (Å²) in [5.41, 5.74) is 5.21. The second-order valence-corrected chi connectivity index (χ2v) is 5.30. The Balaban J connectivity index is 1.87. The highest BCUT2D eigenvalue weighted by atomic mass is 16.3. The van der Waals surface area contributed by atoms with E-state index in [4.69, 9.17) is 0 Å². The highest BCUT2D eigenvalue weighted by Gasteiger charge is 2.11. The largest absolute Gasteiger partial charge is 0.507 e. The minimum absolute atomic E-state index is 0.115. The van der Waals surface area contributed by atoms with Crippen molar-refractivity contribution in [2.45, 2.75) is 13.8 Å². The van der Waals surface area contributed by atoms with Crippen molar-refractivity contribution in [3.63, 3.8) is 0 Å². The first-order valence-corrected chi connectivity index (χ1v) is 7.43. The molecule has 6 heteroatoms. The average Bonchev–Trinajstić information content (AvgIpc) is 2.58. The first-order chi connectivity index (χ1) is 11.5. The number of hydrogen-bond donors (Lipinski definition) is 3. The smallest absolute Gasteiger partial charge is 0.259 e. The van der Waals surface area contributed by atoms with Gasteiger partial charge in [-0.25, -0.2) is 5.43 Å². The molecule has 0 radical (unpaired) electrons. The molecule has 2 aromatic rings. The molecule has 24 heavy (non-hydrogen) atoms. The molecule has 0 unspecified atom stereocenters. The number of para-hydroxylation sites is 1. The number of hydrogen-bond acceptors (Lipinski definition) is 4. The Kier molecular flexibility index (Phi) is 5.68. The number of phenols is 1. The van der Waals surface area contributed by atoms with E-state index in [0.717, 1.165) is 11.1 Å². The fourth-order valence-corrected chi connectivity index (χ4v) is 1.97. The van der Waals surface area contributed by atoms with Crippen molar-refractivity contribution < 1.29 is 14.7 Å².